The van der Waals surface area contributed by atoms with Crippen LogP contribution in [0.1, 0.15) is 99.0 Å². The monoisotopic (exact) mass is 632 g/mol. The number of aryl methyl sites for hydroxylation is 1. The highest BCUT2D eigenvalue weighted by atomic mass is 32.1. The van der Waals surface area contributed by atoms with Crippen LogP contribution in [0.4, 0.5) is 19.3 Å². The molecule has 14 heteroatoms. The number of esters is 1. The van der Waals surface area contributed by atoms with Crippen LogP contribution in [0.15, 0.2) is 24.4 Å². The third-order valence-corrected chi connectivity index (χ3v) is 8.41. The molecule has 11 nitrogen and oxygen atoms in total. The molecule has 44 heavy (non-hydrogen) atoms. The maximum atomic E-state index is 14.7. The highest BCUT2D eigenvalue weighted by Gasteiger charge is 2.39. The van der Waals surface area contributed by atoms with Crippen LogP contribution in [-0.2, 0) is 11.8 Å². The van der Waals surface area contributed by atoms with Gasteiger partial charge in [-0.25, -0.2) is 34.2 Å². The Bertz CT molecular complexity index is 1550. The van der Waals surface area contributed by atoms with E-state index in [9.17, 15) is 28.3 Å². The van der Waals surface area contributed by atoms with Gasteiger partial charge in [-0.2, -0.15) is 5.10 Å². The van der Waals surface area contributed by atoms with Gasteiger partial charge in [0, 0.05) is 24.5 Å². The number of hydrogen-bond acceptors (Lipinski definition) is 8. The van der Waals surface area contributed by atoms with Crippen LogP contribution in [0.5, 0.6) is 0 Å². The van der Waals surface area contributed by atoms with Crippen LogP contribution in [0.3, 0.4) is 0 Å². The van der Waals surface area contributed by atoms with Gasteiger partial charge < -0.3 is 14.7 Å². The first kappa shape index (κ1) is 33.0. The Kier molecular flexibility index (Phi) is 9.17. The summed E-state index contributed by atoms with van der Waals surface area (Å²) in [6.45, 7) is 10.5. The third kappa shape index (κ3) is 6.75. The van der Waals surface area contributed by atoms with Crippen LogP contribution in [0.25, 0.3) is 10.6 Å². The van der Waals surface area contributed by atoms with Gasteiger partial charge in [0.15, 0.2) is 5.69 Å². The number of benzene rings is 1. The van der Waals surface area contributed by atoms with Crippen molar-refractivity contribution in [2.45, 2.75) is 90.3 Å². The van der Waals surface area contributed by atoms with Gasteiger partial charge in [0.2, 0.25) is 0 Å². The molecule has 1 saturated carbocycles. The topological polar surface area (TPSA) is 144 Å². The molecule has 0 bridgehead atoms. The van der Waals surface area contributed by atoms with Gasteiger partial charge in [0.1, 0.15) is 32.8 Å². The van der Waals surface area contributed by atoms with E-state index in [1.165, 1.54) is 17.2 Å². The average Bonchev–Trinajstić information content (AvgIpc) is 3.50. The lowest BCUT2D eigenvalue weighted by Crippen LogP contribution is -2.52. The van der Waals surface area contributed by atoms with Gasteiger partial charge in [-0.3, -0.25) is 9.48 Å². The summed E-state index contributed by atoms with van der Waals surface area (Å²) in [5.41, 5.74) is -1.62. The number of halogens is 2. The Labute approximate surface area is 258 Å². The predicted molar refractivity (Wildman–Crippen MR) is 161 cm³/mol. The fraction of sp³-hybridized carbons (Fsp3) is 0.500. The van der Waals surface area contributed by atoms with E-state index in [1.54, 1.807) is 32.5 Å². The molecule has 0 aliphatic heterocycles. The van der Waals surface area contributed by atoms with Crippen molar-refractivity contribution in [3.63, 3.8) is 0 Å². The molecule has 1 aromatic carbocycles. The molecule has 2 unspecified atom stereocenters. The van der Waals surface area contributed by atoms with Crippen molar-refractivity contribution in [2.24, 2.45) is 12.9 Å². The van der Waals surface area contributed by atoms with Gasteiger partial charge in [-0.1, -0.05) is 12.5 Å². The zero-order chi connectivity index (χ0) is 32.7. The summed E-state index contributed by atoms with van der Waals surface area (Å²) in [7, 11) is 1.70. The summed E-state index contributed by atoms with van der Waals surface area (Å²) in [4.78, 5) is 44.7. The molecular formula is C30H38F2N6O5S. The van der Waals surface area contributed by atoms with Crippen LogP contribution in [-0.4, -0.2) is 59.9 Å². The summed E-state index contributed by atoms with van der Waals surface area (Å²) < 4.78 is 36.4. The molecule has 2 aromatic heterocycles. The number of hydrazine groups is 1. The van der Waals surface area contributed by atoms with E-state index >= 15 is 0 Å². The Balaban J connectivity index is 1.74. The first-order chi connectivity index (χ1) is 20.4. The zero-order valence-corrected chi connectivity index (χ0v) is 26.7. The molecule has 3 N–H and O–H groups in total. The maximum Gasteiger partial charge on any atom is 0.407 e. The van der Waals surface area contributed by atoms with Crippen molar-refractivity contribution in [3.8, 4) is 10.6 Å². The number of thiazole rings is 1. The van der Waals surface area contributed by atoms with Gasteiger partial charge >= 0.3 is 12.1 Å². The van der Waals surface area contributed by atoms with E-state index < -0.39 is 52.0 Å². The number of anilines is 1. The number of ether oxygens (including phenoxy) is 1. The normalized spacial score (nSPS) is 17.3. The molecule has 1 fully saturated rings. The van der Waals surface area contributed by atoms with Gasteiger partial charge in [-0.05, 0) is 72.9 Å². The van der Waals surface area contributed by atoms with E-state index in [4.69, 9.17) is 10.6 Å². The summed E-state index contributed by atoms with van der Waals surface area (Å²) in [5, 5.41) is 14.9. The molecule has 0 radical (unpaired) electrons. The molecule has 4 rings (SSSR count). The minimum atomic E-state index is -1.01. The predicted octanol–water partition coefficient (Wildman–Crippen LogP) is 6.10. The molecule has 1 aliphatic rings. The number of aromatic nitrogens is 3. The fourth-order valence-electron chi connectivity index (χ4n) is 5.69. The SMILES string of the molecule is Cn1ncc(N(N)C(=O)c2nc(-c3c(F)cccc3F)sc2C(=O)OC(C)(C)C)c1C1CCCC(N(C(=O)O)C(C)(C)C)C1. The summed E-state index contributed by atoms with van der Waals surface area (Å²) in [6.07, 6.45) is 3.02. The van der Waals surface area contributed by atoms with Gasteiger partial charge in [-0.15, -0.1) is 11.3 Å². The van der Waals surface area contributed by atoms with Gasteiger partial charge in [0.25, 0.3) is 5.91 Å². The van der Waals surface area contributed by atoms with Crippen LogP contribution in [0.2, 0.25) is 0 Å². The second kappa shape index (κ2) is 12.2. The quantitative estimate of drug-likeness (QED) is 0.144. The number of nitrogens with two attached hydrogens (primary N) is 1. The maximum absolute atomic E-state index is 14.7. The Morgan fingerprint density at radius 2 is 1.75 bits per heavy atom. The second-order valence-electron chi connectivity index (χ2n) is 12.8. The van der Waals surface area contributed by atoms with Crippen molar-refractivity contribution in [3.05, 3.63) is 52.3 Å². The largest absolute Gasteiger partial charge is 0.465 e. The highest BCUT2D eigenvalue weighted by molar-refractivity contribution is 7.17. The second-order valence-corrected chi connectivity index (χ2v) is 13.8. The summed E-state index contributed by atoms with van der Waals surface area (Å²) in [6, 6.07) is 3.02. The number of amides is 2. The first-order valence-electron chi connectivity index (χ1n) is 14.2. The third-order valence-electron chi connectivity index (χ3n) is 7.36. The van der Waals surface area contributed by atoms with E-state index in [1.807, 2.05) is 20.8 Å². The average molecular weight is 633 g/mol. The Morgan fingerprint density at radius 1 is 1.11 bits per heavy atom. The van der Waals surface area contributed by atoms with Gasteiger partial charge in [0.05, 0.1) is 17.5 Å². The number of nitrogens with zero attached hydrogens (tertiary/aromatic N) is 5. The summed E-state index contributed by atoms with van der Waals surface area (Å²) in [5.74, 6) is 2.58. The van der Waals surface area contributed by atoms with Crippen LogP contribution in [0, 0.1) is 11.6 Å². The van der Waals surface area contributed by atoms with Crippen molar-refractivity contribution >= 4 is 35.0 Å². The van der Waals surface area contributed by atoms with Crippen LogP contribution < -0.4 is 10.9 Å². The fourth-order valence-corrected chi connectivity index (χ4v) is 6.67. The minimum Gasteiger partial charge on any atom is -0.465 e. The van der Waals surface area contributed by atoms with Crippen molar-refractivity contribution < 1.29 is 33.0 Å². The molecule has 2 amide bonds. The molecule has 238 valence electrons. The van der Waals surface area contributed by atoms with Crippen LogP contribution >= 0.6 is 11.3 Å². The lowest BCUT2D eigenvalue weighted by molar-refractivity contribution is 0.00728. The summed E-state index contributed by atoms with van der Waals surface area (Å²) >= 11 is 0.626. The molecule has 3 aromatic rings. The smallest absolute Gasteiger partial charge is 0.407 e. The lowest BCUT2D eigenvalue weighted by atomic mass is 9.81. The van der Waals surface area contributed by atoms with E-state index in [0.717, 1.165) is 23.6 Å². The number of rotatable bonds is 6. The number of carbonyl (C=O) groups is 3. The Morgan fingerprint density at radius 3 is 2.32 bits per heavy atom. The van der Waals surface area contributed by atoms with Crippen molar-refractivity contribution in [1.82, 2.24) is 19.7 Å². The molecule has 2 atom stereocenters. The highest BCUT2D eigenvalue weighted by Crippen LogP contribution is 2.41. The van der Waals surface area contributed by atoms with E-state index in [0.29, 0.717) is 36.3 Å². The van der Waals surface area contributed by atoms with E-state index in [-0.39, 0.29) is 27.5 Å². The van der Waals surface area contributed by atoms with Crippen molar-refractivity contribution in [1.29, 1.82) is 0 Å². The van der Waals surface area contributed by atoms with E-state index in [2.05, 4.69) is 10.1 Å². The minimum absolute atomic E-state index is 0.192. The zero-order valence-electron chi connectivity index (χ0n) is 25.9. The first-order valence-corrected chi connectivity index (χ1v) is 15.0. The number of carbonyl (C=O) groups excluding carboxylic acids is 2. The molecule has 2 heterocycles. The Hall–Kier alpha value is -3.91. The molecule has 1 aliphatic carbocycles. The molecule has 0 saturated heterocycles. The molecular weight excluding hydrogens is 594 g/mol. The number of carboxylic acid groups (broad SMARTS) is 1. The number of hydrogen-bond donors (Lipinski definition) is 2. The lowest BCUT2D eigenvalue weighted by Gasteiger charge is -2.43. The molecule has 0 spiro atoms. The standard InChI is InChI=1S/C30H38F2N6O5S/c1-29(2,3)37(28(41)42)17-11-8-10-16(14-17)23-20(15-34-36(23)7)38(33)26(39)22-24(27(40)43-30(4,5)6)44-25(35-22)21-18(31)12-9-13-19(21)32/h9,12-13,15-17H,8,10-11,14,33H2,1-7H3,(H,41,42). The van der Waals surface area contributed by atoms with Crippen molar-refractivity contribution in [2.75, 3.05) is 5.01 Å².